The van der Waals surface area contributed by atoms with E-state index in [-0.39, 0.29) is 0 Å². The van der Waals surface area contributed by atoms with Crippen molar-refractivity contribution in [3.05, 3.63) is 34.3 Å². The molecule has 0 saturated carbocycles. The van der Waals surface area contributed by atoms with Crippen molar-refractivity contribution in [3.8, 4) is 0 Å². The second-order valence-corrected chi connectivity index (χ2v) is 4.21. The van der Waals surface area contributed by atoms with Gasteiger partial charge in [-0.25, -0.2) is 4.79 Å². The van der Waals surface area contributed by atoms with Gasteiger partial charge in [-0.1, -0.05) is 33.2 Å². The van der Waals surface area contributed by atoms with Crippen LogP contribution in [0.2, 0.25) is 0 Å². The van der Waals surface area contributed by atoms with E-state index in [1.807, 2.05) is 24.3 Å². The quantitative estimate of drug-likeness (QED) is 0.668. The number of oxime groups is 1. The molecular formula is C11H12BrNO3. The third-order valence-corrected chi connectivity index (χ3v) is 2.31. The molecule has 0 radical (unpaired) electrons. The summed E-state index contributed by atoms with van der Waals surface area (Å²) in [5.41, 5.74) is 1.84. The van der Waals surface area contributed by atoms with E-state index < -0.39 is 12.6 Å². The van der Waals surface area contributed by atoms with Crippen LogP contribution in [0.15, 0.2) is 33.9 Å². The summed E-state index contributed by atoms with van der Waals surface area (Å²) >= 11 is 3.35. The zero-order valence-electron chi connectivity index (χ0n) is 8.81. The van der Waals surface area contributed by atoms with Gasteiger partial charge >= 0.3 is 5.97 Å². The highest BCUT2D eigenvalue weighted by Gasteiger charge is 1.98. The first-order valence-electron chi connectivity index (χ1n) is 4.69. The number of hydrogen-bond donors (Lipinski definition) is 1. The maximum Gasteiger partial charge on any atom is 0.344 e. The molecule has 0 aliphatic heterocycles. The minimum Gasteiger partial charge on any atom is -0.479 e. The van der Waals surface area contributed by atoms with E-state index in [4.69, 9.17) is 5.11 Å². The molecule has 0 aliphatic carbocycles. The molecule has 0 bridgehead atoms. The molecule has 0 unspecified atom stereocenters. The molecule has 0 saturated heterocycles. The van der Waals surface area contributed by atoms with Gasteiger partial charge in [-0.2, -0.15) is 0 Å². The van der Waals surface area contributed by atoms with Gasteiger partial charge in [0.15, 0.2) is 0 Å². The molecule has 0 fully saturated rings. The van der Waals surface area contributed by atoms with Crippen molar-refractivity contribution in [1.29, 1.82) is 0 Å². The molecule has 1 rings (SSSR count). The number of nitrogens with zero attached hydrogens (tertiary/aromatic N) is 1. The van der Waals surface area contributed by atoms with Gasteiger partial charge in [0.25, 0.3) is 0 Å². The Morgan fingerprint density at radius 3 is 2.62 bits per heavy atom. The number of halogens is 1. The van der Waals surface area contributed by atoms with Crippen LogP contribution in [-0.2, 0) is 16.1 Å². The number of rotatable bonds is 5. The molecule has 16 heavy (non-hydrogen) atoms. The normalized spacial score (nSPS) is 11.2. The van der Waals surface area contributed by atoms with E-state index in [0.29, 0.717) is 6.42 Å². The Labute approximate surface area is 102 Å². The first kappa shape index (κ1) is 12.7. The fourth-order valence-electron chi connectivity index (χ4n) is 1.13. The van der Waals surface area contributed by atoms with Gasteiger partial charge in [0.2, 0.25) is 6.61 Å². The Hall–Kier alpha value is -1.36. The van der Waals surface area contributed by atoms with Crippen LogP contribution in [0.3, 0.4) is 0 Å². The first-order chi connectivity index (χ1) is 7.58. The van der Waals surface area contributed by atoms with Crippen LogP contribution in [0, 0.1) is 0 Å². The summed E-state index contributed by atoms with van der Waals surface area (Å²) in [4.78, 5) is 14.8. The van der Waals surface area contributed by atoms with Crippen LogP contribution >= 0.6 is 15.9 Å². The summed E-state index contributed by atoms with van der Waals surface area (Å²) in [6.07, 6.45) is 0.646. The zero-order chi connectivity index (χ0) is 12.0. The van der Waals surface area contributed by atoms with Crippen molar-refractivity contribution < 1.29 is 14.7 Å². The van der Waals surface area contributed by atoms with E-state index in [9.17, 15) is 4.79 Å². The lowest BCUT2D eigenvalue weighted by Crippen LogP contribution is -2.06. The predicted octanol–water partition coefficient (Wildman–Crippen LogP) is 2.47. The van der Waals surface area contributed by atoms with Gasteiger partial charge in [-0.15, -0.1) is 0 Å². The highest BCUT2D eigenvalue weighted by molar-refractivity contribution is 9.10. The maximum atomic E-state index is 10.2. The lowest BCUT2D eigenvalue weighted by Gasteiger charge is -2.01. The number of benzene rings is 1. The zero-order valence-corrected chi connectivity index (χ0v) is 10.4. The summed E-state index contributed by atoms with van der Waals surface area (Å²) in [5, 5.41) is 12.1. The fraction of sp³-hybridized carbons (Fsp3) is 0.273. The van der Waals surface area contributed by atoms with Crippen molar-refractivity contribution in [2.24, 2.45) is 5.16 Å². The molecular weight excluding hydrogens is 274 g/mol. The summed E-state index contributed by atoms with van der Waals surface area (Å²) in [5.74, 6) is -1.03. The summed E-state index contributed by atoms with van der Waals surface area (Å²) in [7, 11) is 0. The van der Waals surface area contributed by atoms with Crippen molar-refractivity contribution in [3.63, 3.8) is 0 Å². The SMILES string of the molecule is C/C(Cc1ccc(Br)cc1)=N/OCC(=O)O. The van der Waals surface area contributed by atoms with E-state index >= 15 is 0 Å². The topological polar surface area (TPSA) is 58.9 Å². The van der Waals surface area contributed by atoms with Crippen molar-refractivity contribution in [2.45, 2.75) is 13.3 Å². The van der Waals surface area contributed by atoms with Gasteiger partial charge in [0.05, 0.1) is 5.71 Å². The van der Waals surface area contributed by atoms with Gasteiger partial charge in [-0.3, -0.25) is 0 Å². The molecule has 1 aromatic carbocycles. The maximum absolute atomic E-state index is 10.2. The summed E-state index contributed by atoms with van der Waals surface area (Å²) in [6, 6.07) is 7.84. The number of hydrogen-bond acceptors (Lipinski definition) is 3. The monoisotopic (exact) mass is 285 g/mol. The predicted molar refractivity (Wildman–Crippen MR) is 64.5 cm³/mol. The molecule has 0 heterocycles. The van der Waals surface area contributed by atoms with Crippen molar-refractivity contribution in [2.75, 3.05) is 6.61 Å². The third-order valence-electron chi connectivity index (χ3n) is 1.78. The Morgan fingerprint density at radius 2 is 2.06 bits per heavy atom. The summed E-state index contributed by atoms with van der Waals surface area (Å²) in [6.45, 7) is 1.39. The molecule has 86 valence electrons. The number of carbonyl (C=O) groups is 1. The Kier molecular flexibility index (Phi) is 4.98. The Bertz CT molecular complexity index is 387. The van der Waals surface area contributed by atoms with Crippen LogP contribution in [0.25, 0.3) is 0 Å². The smallest absolute Gasteiger partial charge is 0.344 e. The van der Waals surface area contributed by atoms with Gasteiger partial charge in [0.1, 0.15) is 0 Å². The lowest BCUT2D eigenvalue weighted by atomic mass is 10.1. The second-order valence-electron chi connectivity index (χ2n) is 3.30. The average molecular weight is 286 g/mol. The highest BCUT2D eigenvalue weighted by Crippen LogP contribution is 2.11. The first-order valence-corrected chi connectivity index (χ1v) is 5.49. The number of carboxylic acid groups (broad SMARTS) is 1. The van der Waals surface area contributed by atoms with Gasteiger partial charge < -0.3 is 9.94 Å². The standard InChI is InChI=1S/C11H12BrNO3/c1-8(13-16-7-11(14)15)6-9-2-4-10(12)5-3-9/h2-5H,6-7H2,1H3,(H,14,15)/b13-8-. The molecule has 0 aliphatic rings. The van der Waals surface area contributed by atoms with Gasteiger partial charge in [0, 0.05) is 10.9 Å². The minimum absolute atomic E-state index is 0.405. The molecule has 0 aromatic heterocycles. The molecule has 0 amide bonds. The van der Waals surface area contributed by atoms with E-state index in [1.165, 1.54) is 0 Å². The van der Waals surface area contributed by atoms with Gasteiger partial charge in [-0.05, 0) is 24.6 Å². The fourth-order valence-corrected chi connectivity index (χ4v) is 1.39. The minimum atomic E-state index is -1.03. The average Bonchev–Trinajstić information content (AvgIpc) is 2.21. The Morgan fingerprint density at radius 1 is 1.44 bits per heavy atom. The van der Waals surface area contributed by atoms with Crippen molar-refractivity contribution >= 4 is 27.6 Å². The van der Waals surface area contributed by atoms with Crippen LogP contribution in [0.4, 0.5) is 0 Å². The van der Waals surface area contributed by atoms with Crippen LogP contribution in [0.1, 0.15) is 12.5 Å². The molecule has 4 nitrogen and oxygen atoms in total. The highest BCUT2D eigenvalue weighted by atomic mass is 79.9. The van der Waals surface area contributed by atoms with Crippen molar-refractivity contribution in [1.82, 2.24) is 0 Å². The molecule has 1 aromatic rings. The molecule has 1 N–H and O–H groups in total. The van der Waals surface area contributed by atoms with E-state index in [2.05, 4.69) is 25.9 Å². The number of carboxylic acids is 1. The second kappa shape index (κ2) is 6.27. The van der Waals surface area contributed by atoms with E-state index in [1.54, 1.807) is 6.92 Å². The van der Waals surface area contributed by atoms with Crippen LogP contribution < -0.4 is 0 Å². The summed E-state index contributed by atoms with van der Waals surface area (Å²) < 4.78 is 1.02. The van der Waals surface area contributed by atoms with Crippen LogP contribution in [-0.4, -0.2) is 23.4 Å². The molecule has 0 spiro atoms. The van der Waals surface area contributed by atoms with Crippen LogP contribution in [0.5, 0.6) is 0 Å². The number of aliphatic carboxylic acids is 1. The lowest BCUT2D eigenvalue weighted by molar-refractivity contribution is -0.142. The Balaban J connectivity index is 2.47. The largest absolute Gasteiger partial charge is 0.479 e. The van der Waals surface area contributed by atoms with E-state index in [0.717, 1.165) is 15.7 Å². The third kappa shape index (κ3) is 4.93. The molecule has 5 heteroatoms. The molecule has 0 atom stereocenters.